The van der Waals surface area contributed by atoms with Crippen molar-refractivity contribution in [1.82, 2.24) is 0 Å². The van der Waals surface area contributed by atoms with Crippen LogP contribution in [0.1, 0.15) is 36.5 Å². The van der Waals surface area contributed by atoms with Gasteiger partial charge >= 0.3 is 0 Å². The van der Waals surface area contributed by atoms with Crippen LogP contribution in [-0.4, -0.2) is 40.5 Å². The van der Waals surface area contributed by atoms with Gasteiger partial charge in [-0.05, 0) is 31.0 Å². The van der Waals surface area contributed by atoms with E-state index in [1.165, 1.54) is 6.07 Å². The first-order chi connectivity index (χ1) is 10.8. The molecule has 0 radical (unpaired) electrons. The van der Waals surface area contributed by atoms with Crippen LogP contribution in [0.2, 0.25) is 0 Å². The molecule has 2 fully saturated rings. The minimum atomic E-state index is -3.90. The molecule has 0 aromatic heterocycles. The number of primary sulfonamides is 1. The van der Waals surface area contributed by atoms with Crippen molar-refractivity contribution in [3.8, 4) is 0 Å². The molecule has 0 saturated carbocycles. The van der Waals surface area contributed by atoms with Crippen molar-refractivity contribution in [2.45, 2.75) is 31.1 Å². The molecule has 7 heteroatoms. The fourth-order valence-electron chi connectivity index (χ4n) is 3.49. The van der Waals surface area contributed by atoms with Gasteiger partial charge in [0.2, 0.25) is 10.0 Å². The summed E-state index contributed by atoms with van der Waals surface area (Å²) in [6, 6.07) is 4.80. The van der Waals surface area contributed by atoms with Crippen LogP contribution in [0.5, 0.6) is 0 Å². The van der Waals surface area contributed by atoms with Gasteiger partial charge in [-0.25, -0.2) is 13.6 Å². The summed E-state index contributed by atoms with van der Waals surface area (Å²) in [6.07, 6.45) is 2.31. The van der Waals surface area contributed by atoms with Crippen LogP contribution in [-0.2, 0) is 14.8 Å². The highest BCUT2D eigenvalue weighted by molar-refractivity contribution is 7.89. The molecule has 1 atom stereocenters. The monoisotopic (exact) mass is 338 g/mol. The van der Waals surface area contributed by atoms with Crippen LogP contribution in [0.4, 0.5) is 5.69 Å². The topological polar surface area (TPSA) is 89.7 Å². The Bertz CT molecular complexity index is 724. The fraction of sp³-hybridized carbons (Fsp3) is 0.562. The Kier molecular flexibility index (Phi) is 4.20. The third kappa shape index (κ3) is 3.13. The van der Waals surface area contributed by atoms with Crippen molar-refractivity contribution in [1.29, 1.82) is 0 Å². The smallest absolute Gasteiger partial charge is 0.240 e. The van der Waals surface area contributed by atoms with Crippen molar-refractivity contribution >= 4 is 21.5 Å². The molecule has 2 saturated heterocycles. The summed E-state index contributed by atoms with van der Waals surface area (Å²) in [4.78, 5) is 13.9. The standard InChI is InChI=1S/C16H22N2O4S/c1-2-14(19)12-3-4-13(15(9-12)23(17,20)21)18-7-5-16(10-18)6-8-22-11-16/h3-4,9H,2,5-8,10-11H2,1H3,(H2,17,20,21)/t16-/m1/s1. The molecule has 0 unspecified atom stereocenters. The number of benzene rings is 1. The van der Waals surface area contributed by atoms with E-state index in [9.17, 15) is 13.2 Å². The molecular weight excluding hydrogens is 316 g/mol. The quantitative estimate of drug-likeness (QED) is 0.841. The molecule has 3 rings (SSSR count). The molecule has 126 valence electrons. The number of nitrogens with two attached hydrogens (primary N) is 1. The summed E-state index contributed by atoms with van der Waals surface area (Å²) < 4.78 is 29.5. The van der Waals surface area contributed by atoms with Crippen molar-refractivity contribution in [2.24, 2.45) is 10.6 Å². The van der Waals surface area contributed by atoms with E-state index in [4.69, 9.17) is 9.88 Å². The predicted octanol–water partition coefficient (Wildman–Crippen LogP) is 1.54. The normalized spacial score (nSPS) is 24.5. The molecule has 0 amide bonds. The second-order valence-electron chi connectivity index (χ2n) is 6.48. The summed E-state index contributed by atoms with van der Waals surface area (Å²) in [7, 11) is -3.90. The van der Waals surface area contributed by atoms with Crippen LogP contribution >= 0.6 is 0 Å². The van der Waals surface area contributed by atoms with E-state index in [1.807, 2.05) is 0 Å². The highest BCUT2D eigenvalue weighted by atomic mass is 32.2. The average Bonchev–Trinajstić information content (AvgIpc) is 3.15. The molecule has 1 aromatic carbocycles. The lowest BCUT2D eigenvalue weighted by molar-refractivity contribution is 0.0988. The van der Waals surface area contributed by atoms with Crippen LogP contribution in [0.25, 0.3) is 0 Å². The Hall–Kier alpha value is -1.44. The van der Waals surface area contributed by atoms with Crippen molar-refractivity contribution in [3.63, 3.8) is 0 Å². The largest absolute Gasteiger partial charge is 0.381 e. The number of ether oxygens (including phenoxy) is 1. The summed E-state index contributed by atoms with van der Waals surface area (Å²) in [5.74, 6) is -0.0939. The first kappa shape index (κ1) is 16.4. The number of carbonyl (C=O) groups is 1. The molecule has 23 heavy (non-hydrogen) atoms. The van der Waals surface area contributed by atoms with Gasteiger partial charge in [0.05, 0.1) is 12.3 Å². The maximum atomic E-state index is 12.0. The lowest BCUT2D eigenvalue weighted by Crippen LogP contribution is -2.29. The molecule has 2 heterocycles. The Morgan fingerprint density at radius 1 is 1.39 bits per heavy atom. The van der Waals surface area contributed by atoms with E-state index in [1.54, 1.807) is 19.1 Å². The molecule has 0 bridgehead atoms. The van der Waals surface area contributed by atoms with E-state index in [0.29, 0.717) is 17.7 Å². The van der Waals surface area contributed by atoms with Crippen LogP contribution in [0.15, 0.2) is 23.1 Å². The third-order valence-electron chi connectivity index (χ3n) is 4.87. The van der Waals surface area contributed by atoms with Gasteiger partial charge < -0.3 is 9.64 Å². The molecule has 1 spiro atoms. The SMILES string of the molecule is CCC(=O)c1ccc(N2CC[C@@]3(CCOC3)C2)c(S(N)(=O)=O)c1. The molecule has 2 aliphatic heterocycles. The zero-order valence-electron chi connectivity index (χ0n) is 13.2. The van der Waals surface area contributed by atoms with Gasteiger partial charge in [0.15, 0.2) is 5.78 Å². The molecule has 2 N–H and O–H groups in total. The fourth-order valence-corrected chi connectivity index (χ4v) is 4.27. The predicted molar refractivity (Wildman–Crippen MR) is 87.1 cm³/mol. The van der Waals surface area contributed by atoms with Crippen LogP contribution < -0.4 is 10.0 Å². The van der Waals surface area contributed by atoms with E-state index >= 15 is 0 Å². The number of Topliss-reactive ketones (excluding diaryl/α,β-unsaturated/α-hetero) is 1. The minimum Gasteiger partial charge on any atom is -0.381 e. The van der Waals surface area contributed by atoms with Crippen LogP contribution in [0, 0.1) is 5.41 Å². The van der Waals surface area contributed by atoms with E-state index in [-0.39, 0.29) is 16.1 Å². The molecule has 6 nitrogen and oxygen atoms in total. The van der Waals surface area contributed by atoms with Gasteiger partial charge in [0.1, 0.15) is 4.90 Å². The summed E-state index contributed by atoms with van der Waals surface area (Å²) >= 11 is 0. The first-order valence-corrected chi connectivity index (χ1v) is 9.42. The van der Waals surface area contributed by atoms with Gasteiger partial charge in [-0.2, -0.15) is 0 Å². The van der Waals surface area contributed by atoms with Gasteiger partial charge in [0.25, 0.3) is 0 Å². The van der Waals surface area contributed by atoms with Gasteiger partial charge in [-0.1, -0.05) is 6.92 Å². The number of sulfonamides is 1. The maximum Gasteiger partial charge on any atom is 0.240 e. The number of nitrogens with zero attached hydrogens (tertiary/aromatic N) is 1. The lowest BCUT2D eigenvalue weighted by Gasteiger charge is -2.25. The number of ketones is 1. The minimum absolute atomic E-state index is 0.0350. The number of hydrogen-bond acceptors (Lipinski definition) is 5. The Balaban J connectivity index is 1.97. The van der Waals surface area contributed by atoms with Gasteiger partial charge in [-0.3, -0.25) is 4.79 Å². The Morgan fingerprint density at radius 2 is 2.17 bits per heavy atom. The van der Waals surface area contributed by atoms with E-state index in [0.717, 1.165) is 39.1 Å². The maximum absolute atomic E-state index is 12.0. The Labute approximate surface area is 136 Å². The Morgan fingerprint density at radius 3 is 2.78 bits per heavy atom. The van der Waals surface area contributed by atoms with Crippen molar-refractivity contribution in [3.05, 3.63) is 23.8 Å². The van der Waals surface area contributed by atoms with Crippen LogP contribution in [0.3, 0.4) is 0 Å². The van der Waals surface area contributed by atoms with Crippen molar-refractivity contribution in [2.75, 3.05) is 31.2 Å². The summed E-state index contributed by atoms with van der Waals surface area (Å²) in [6.45, 7) is 4.77. The molecule has 1 aromatic rings. The summed E-state index contributed by atoms with van der Waals surface area (Å²) in [5.41, 5.74) is 1.09. The third-order valence-corrected chi connectivity index (χ3v) is 5.81. The second-order valence-corrected chi connectivity index (χ2v) is 8.01. The number of rotatable bonds is 4. The number of carbonyl (C=O) groups excluding carboxylic acids is 1. The first-order valence-electron chi connectivity index (χ1n) is 7.87. The van der Waals surface area contributed by atoms with E-state index < -0.39 is 10.0 Å². The zero-order valence-corrected chi connectivity index (χ0v) is 14.1. The number of anilines is 1. The average molecular weight is 338 g/mol. The molecule has 0 aliphatic carbocycles. The highest BCUT2D eigenvalue weighted by Gasteiger charge is 2.42. The highest BCUT2D eigenvalue weighted by Crippen LogP contribution is 2.41. The number of hydrogen-bond donors (Lipinski definition) is 1. The molecule has 2 aliphatic rings. The lowest BCUT2D eigenvalue weighted by atomic mass is 9.87. The van der Waals surface area contributed by atoms with Gasteiger partial charge in [-0.15, -0.1) is 0 Å². The van der Waals surface area contributed by atoms with Crippen molar-refractivity contribution < 1.29 is 17.9 Å². The summed E-state index contributed by atoms with van der Waals surface area (Å²) in [5, 5.41) is 5.39. The zero-order chi connectivity index (χ0) is 16.7. The van der Waals surface area contributed by atoms with E-state index in [2.05, 4.69) is 4.90 Å². The molecular formula is C16H22N2O4S. The second kappa shape index (κ2) is 5.89. The van der Waals surface area contributed by atoms with Gasteiger partial charge in [0, 0.05) is 37.1 Å².